The molecule has 2 aliphatic carbocycles. The van der Waals surface area contributed by atoms with Gasteiger partial charge >= 0.3 is 0 Å². The van der Waals surface area contributed by atoms with Crippen molar-refractivity contribution in [1.29, 1.82) is 0 Å². The molecular weight excluding hydrogens is 368 g/mol. The first kappa shape index (κ1) is 17.9. The molecule has 150 valence electrons. The highest BCUT2D eigenvalue weighted by molar-refractivity contribution is 6.02. The number of rotatable bonds is 0. The Kier molecular flexibility index (Phi) is 3.11. The Morgan fingerprint density at radius 3 is 2.40 bits per heavy atom. The minimum absolute atomic E-state index is 0.177. The summed E-state index contributed by atoms with van der Waals surface area (Å²) < 4.78 is 2.25. The van der Waals surface area contributed by atoms with Gasteiger partial charge in [-0.3, -0.25) is 4.40 Å². The number of hydrogen-bond acceptors (Lipinski definition) is 2. The van der Waals surface area contributed by atoms with Gasteiger partial charge in [0, 0.05) is 10.8 Å². The fourth-order valence-electron chi connectivity index (χ4n) is 6.15. The van der Waals surface area contributed by atoms with Crippen LogP contribution in [-0.4, -0.2) is 14.4 Å². The van der Waals surface area contributed by atoms with Crippen molar-refractivity contribution in [3.8, 4) is 0 Å². The first-order chi connectivity index (χ1) is 14.1. The van der Waals surface area contributed by atoms with Crippen LogP contribution in [0.25, 0.3) is 32.4 Å². The summed E-state index contributed by atoms with van der Waals surface area (Å²) in [5, 5.41) is 0.952. The molecule has 30 heavy (non-hydrogen) atoms. The molecule has 2 atom stereocenters. The number of nitrogens with zero attached hydrogens (tertiary/aromatic N) is 4. The average Bonchev–Trinajstić information content (AvgIpc) is 3.29. The number of para-hydroxylation sites is 1. The van der Waals surface area contributed by atoms with E-state index in [-0.39, 0.29) is 16.2 Å². The molecule has 0 radical (unpaired) electrons. The van der Waals surface area contributed by atoms with Crippen molar-refractivity contribution in [3.63, 3.8) is 0 Å². The van der Waals surface area contributed by atoms with E-state index in [0.29, 0.717) is 5.69 Å². The van der Waals surface area contributed by atoms with Crippen molar-refractivity contribution in [2.24, 2.45) is 0 Å². The third-order valence-electron chi connectivity index (χ3n) is 7.58. The fraction of sp³-hybridized carbons (Fsp3) is 0.423. The second kappa shape index (κ2) is 5.21. The highest BCUT2D eigenvalue weighted by atomic mass is 15.1. The zero-order chi connectivity index (χ0) is 21.1. The highest BCUT2D eigenvalue weighted by Crippen LogP contribution is 2.61. The van der Waals surface area contributed by atoms with E-state index < -0.39 is 0 Å². The van der Waals surface area contributed by atoms with Crippen LogP contribution in [-0.2, 0) is 16.2 Å². The molecule has 4 aromatic rings. The zero-order valence-corrected chi connectivity index (χ0v) is 18.3. The van der Waals surface area contributed by atoms with E-state index in [1.165, 1.54) is 30.4 Å². The molecule has 1 fully saturated rings. The van der Waals surface area contributed by atoms with Gasteiger partial charge in [0.1, 0.15) is 11.5 Å². The van der Waals surface area contributed by atoms with E-state index in [1.54, 1.807) is 0 Å². The van der Waals surface area contributed by atoms with E-state index in [4.69, 9.17) is 16.5 Å². The van der Waals surface area contributed by atoms with Crippen LogP contribution >= 0.6 is 0 Å². The minimum atomic E-state index is -0.177. The van der Waals surface area contributed by atoms with Crippen LogP contribution in [0.2, 0.25) is 0 Å². The Morgan fingerprint density at radius 2 is 1.73 bits per heavy atom. The third kappa shape index (κ3) is 2.06. The van der Waals surface area contributed by atoms with Crippen LogP contribution < -0.4 is 0 Å². The summed E-state index contributed by atoms with van der Waals surface area (Å²) in [5.74, 6) is 0.961. The maximum atomic E-state index is 7.61. The molecule has 0 aliphatic heterocycles. The lowest BCUT2D eigenvalue weighted by Crippen LogP contribution is -2.20. The molecule has 2 bridgehead atoms. The van der Waals surface area contributed by atoms with Crippen molar-refractivity contribution in [2.75, 3.05) is 0 Å². The van der Waals surface area contributed by atoms with Gasteiger partial charge in [-0.1, -0.05) is 52.8 Å². The maximum Gasteiger partial charge on any atom is 0.213 e. The van der Waals surface area contributed by atoms with E-state index in [1.807, 2.05) is 18.2 Å². The first-order valence-electron chi connectivity index (χ1n) is 10.8. The summed E-state index contributed by atoms with van der Waals surface area (Å²) in [6.45, 7) is 19.0. The third-order valence-corrected chi connectivity index (χ3v) is 7.58. The number of aromatic nitrogens is 3. The summed E-state index contributed by atoms with van der Waals surface area (Å²) in [6.07, 6.45) is 3.77. The molecule has 0 saturated heterocycles. The molecule has 2 aromatic heterocycles. The molecular formula is C26H26N4. The second-order valence-electron chi connectivity index (χ2n) is 10.9. The van der Waals surface area contributed by atoms with Crippen molar-refractivity contribution in [3.05, 3.63) is 58.7 Å². The van der Waals surface area contributed by atoms with E-state index in [0.717, 1.165) is 33.4 Å². The van der Waals surface area contributed by atoms with Gasteiger partial charge in [-0.05, 0) is 53.4 Å². The topological polar surface area (TPSA) is 34.5 Å². The highest BCUT2D eigenvalue weighted by Gasteiger charge is 2.53. The van der Waals surface area contributed by atoms with Gasteiger partial charge in [0.05, 0.1) is 23.1 Å². The molecule has 0 N–H and O–H groups in total. The lowest BCUT2D eigenvalue weighted by Gasteiger charge is -2.27. The summed E-state index contributed by atoms with van der Waals surface area (Å²) >= 11 is 0. The first-order valence-corrected chi connectivity index (χ1v) is 10.8. The second-order valence-corrected chi connectivity index (χ2v) is 10.9. The molecule has 2 aromatic carbocycles. The molecule has 0 spiro atoms. The van der Waals surface area contributed by atoms with Crippen molar-refractivity contribution < 1.29 is 0 Å². The average molecular weight is 395 g/mol. The SMILES string of the molecule is [C-]#[N+]c1cccc2c1nc(C(C)(C)C)n1c3cc4c(cc3nc21)C1(C)CCC4(C)C1. The van der Waals surface area contributed by atoms with Crippen LogP contribution in [0.15, 0.2) is 30.3 Å². The predicted molar refractivity (Wildman–Crippen MR) is 122 cm³/mol. The summed E-state index contributed by atoms with van der Waals surface area (Å²) in [7, 11) is 0. The number of benzene rings is 2. The molecule has 2 unspecified atom stereocenters. The number of fused-ring (bicyclic) bond motifs is 10. The van der Waals surface area contributed by atoms with Crippen LogP contribution in [0.3, 0.4) is 0 Å². The Labute approximate surface area is 176 Å². The summed E-state index contributed by atoms with van der Waals surface area (Å²) in [4.78, 5) is 13.9. The van der Waals surface area contributed by atoms with Gasteiger partial charge in [-0.2, -0.15) is 0 Å². The minimum Gasteiger partial charge on any atom is -0.279 e. The smallest absolute Gasteiger partial charge is 0.213 e. The molecule has 2 heterocycles. The Balaban J connectivity index is 1.82. The normalized spacial score (nSPS) is 25.3. The molecule has 4 nitrogen and oxygen atoms in total. The standard InChI is InChI=1S/C26H26N4/c1-24(2,3)23-29-21-15(8-7-9-18(21)27-6)22-28-19-12-16-17(13-20(19)30(22)23)26(5)11-10-25(16,4)14-26/h7-9,12-13H,10-11,14H2,1-5H3. The Bertz CT molecular complexity index is 1450. The summed E-state index contributed by atoms with van der Waals surface area (Å²) in [5.41, 5.74) is 7.81. The largest absolute Gasteiger partial charge is 0.279 e. The van der Waals surface area contributed by atoms with Gasteiger partial charge in [0.25, 0.3) is 0 Å². The van der Waals surface area contributed by atoms with Crippen molar-refractivity contribution in [2.45, 2.75) is 70.1 Å². The zero-order valence-electron chi connectivity index (χ0n) is 18.3. The maximum absolute atomic E-state index is 7.61. The van der Waals surface area contributed by atoms with E-state index in [9.17, 15) is 0 Å². The van der Waals surface area contributed by atoms with Crippen LogP contribution in [0.1, 0.15) is 70.8 Å². The van der Waals surface area contributed by atoms with Gasteiger partial charge in [-0.15, -0.1) is 0 Å². The predicted octanol–water partition coefficient (Wildman–Crippen LogP) is 6.60. The quantitative estimate of drug-likeness (QED) is 0.315. The van der Waals surface area contributed by atoms with Gasteiger partial charge in [0.2, 0.25) is 5.69 Å². The molecule has 0 amide bonds. The number of imidazole rings is 1. The lowest BCUT2D eigenvalue weighted by atomic mass is 9.78. The van der Waals surface area contributed by atoms with Crippen LogP contribution in [0, 0.1) is 6.57 Å². The molecule has 1 saturated carbocycles. The van der Waals surface area contributed by atoms with E-state index >= 15 is 0 Å². The lowest BCUT2D eigenvalue weighted by molar-refractivity contribution is 0.484. The van der Waals surface area contributed by atoms with Gasteiger partial charge in [-0.25, -0.2) is 14.8 Å². The van der Waals surface area contributed by atoms with Crippen LogP contribution in [0.4, 0.5) is 5.69 Å². The molecule has 4 heteroatoms. The molecule has 2 aliphatic rings. The van der Waals surface area contributed by atoms with Gasteiger partial charge < -0.3 is 0 Å². The fourth-order valence-corrected chi connectivity index (χ4v) is 6.15. The van der Waals surface area contributed by atoms with Gasteiger partial charge in [0.15, 0.2) is 0 Å². The van der Waals surface area contributed by atoms with Crippen molar-refractivity contribution in [1.82, 2.24) is 14.4 Å². The molecule has 6 rings (SSSR count). The number of hydrogen-bond donors (Lipinski definition) is 0. The van der Waals surface area contributed by atoms with Crippen LogP contribution in [0.5, 0.6) is 0 Å². The monoisotopic (exact) mass is 394 g/mol. The van der Waals surface area contributed by atoms with Crippen molar-refractivity contribution >= 4 is 33.3 Å². The summed E-state index contributed by atoms with van der Waals surface area (Å²) in [6, 6.07) is 10.6. The van der Waals surface area contributed by atoms with E-state index in [2.05, 4.69) is 56.0 Å². The Morgan fingerprint density at radius 1 is 1.03 bits per heavy atom. The Hall–Kier alpha value is -2.93.